The summed E-state index contributed by atoms with van der Waals surface area (Å²) in [4.78, 5) is 4.49. The third-order valence-electron chi connectivity index (χ3n) is 2.85. The zero-order valence-corrected chi connectivity index (χ0v) is 8.21. The first-order valence-electron chi connectivity index (χ1n) is 5.31. The highest BCUT2D eigenvalue weighted by atomic mass is 15.2. The summed E-state index contributed by atoms with van der Waals surface area (Å²) < 4.78 is 0. The molecular formula is C10H17N3. The minimum absolute atomic E-state index is 0.630. The van der Waals surface area contributed by atoms with Crippen LogP contribution in [0.25, 0.3) is 0 Å². The molecule has 1 saturated carbocycles. The van der Waals surface area contributed by atoms with Crippen LogP contribution in [0.5, 0.6) is 0 Å². The molecule has 0 spiro atoms. The van der Waals surface area contributed by atoms with E-state index in [1.165, 1.54) is 32.1 Å². The summed E-state index contributed by atoms with van der Waals surface area (Å²) in [5.41, 5.74) is 0. The van der Waals surface area contributed by atoms with Gasteiger partial charge in [-0.3, -0.25) is 5.10 Å². The summed E-state index contributed by atoms with van der Waals surface area (Å²) >= 11 is 0. The first-order chi connectivity index (χ1) is 6.40. The van der Waals surface area contributed by atoms with Crippen LogP contribution in [-0.4, -0.2) is 15.2 Å². The molecule has 2 rings (SSSR count). The van der Waals surface area contributed by atoms with Crippen molar-refractivity contribution in [2.75, 3.05) is 0 Å². The molecule has 3 nitrogen and oxygen atoms in total. The molecule has 0 aliphatic heterocycles. The zero-order valence-electron chi connectivity index (χ0n) is 8.21. The van der Waals surface area contributed by atoms with Crippen LogP contribution in [0.4, 0.5) is 0 Å². The van der Waals surface area contributed by atoms with E-state index < -0.39 is 0 Å². The molecule has 72 valence electrons. The minimum atomic E-state index is 0.630. The van der Waals surface area contributed by atoms with Gasteiger partial charge in [0, 0.05) is 12.3 Å². The average molecular weight is 179 g/mol. The van der Waals surface area contributed by atoms with Gasteiger partial charge in [-0.25, -0.2) is 4.98 Å². The lowest BCUT2D eigenvalue weighted by molar-refractivity contribution is 0.429. The summed E-state index contributed by atoms with van der Waals surface area (Å²) in [5.74, 6) is 2.71. The first kappa shape index (κ1) is 8.73. The van der Waals surface area contributed by atoms with E-state index in [0.29, 0.717) is 5.92 Å². The van der Waals surface area contributed by atoms with Gasteiger partial charge in [0.1, 0.15) is 5.82 Å². The van der Waals surface area contributed by atoms with Gasteiger partial charge in [-0.1, -0.05) is 26.2 Å². The Labute approximate surface area is 79.0 Å². The SMILES string of the molecule is CCc1nc(C2CCCCC2)n[nH]1. The van der Waals surface area contributed by atoms with Gasteiger partial charge in [-0.05, 0) is 12.8 Å². The van der Waals surface area contributed by atoms with Gasteiger partial charge >= 0.3 is 0 Å². The van der Waals surface area contributed by atoms with Gasteiger partial charge in [0.2, 0.25) is 0 Å². The van der Waals surface area contributed by atoms with Crippen molar-refractivity contribution >= 4 is 0 Å². The van der Waals surface area contributed by atoms with Crippen LogP contribution in [0.3, 0.4) is 0 Å². The molecule has 1 aromatic heterocycles. The zero-order chi connectivity index (χ0) is 9.10. The summed E-state index contributed by atoms with van der Waals surface area (Å²) in [6.45, 7) is 2.10. The molecule has 1 fully saturated rings. The second kappa shape index (κ2) is 3.90. The summed E-state index contributed by atoms with van der Waals surface area (Å²) in [5, 5.41) is 7.27. The topological polar surface area (TPSA) is 41.6 Å². The highest BCUT2D eigenvalue weighted by Crippen LogP contribution is 2.30. The van der Waals surface area contributed by atoms with E-state index >= 15 is 0 Å². The van der Waals surface area contributed by atoms with E-state index in [-0.39, 0.29) is 0 Å². The van der Waals surface area contributed by atoms with Crippen LogP contribution in [0.15, 0.2) is 0 Å². The Morgan fingerprint density at radius 1 is 1.31 bits per heavy atom. The number of aromatic nitrogens is 3. The molecule has 13 heavy (non-hydrogen) atoms. The number of hydrogen-bond donors (Lipinski definition) is 1. The third kappa shape index (κ3) is 1.90. The van der Waals surface area contributed by atoms with Crippen molar-refractivity contribution in [3.63, 3.8) is 0 Å². The van der Waals surface area contributed by atoms with Crippen LogP contribution in [0, 0.1) is 0 Å². The van der Waals surface area contributed by atoms with E-state index in [2.05, 4.69) is 22.1 Å². The maximum Gasteiger partial charge on any atom is 0.153 e. The van der Waals surface area contributed by atoms with E-state index in [1.807, 2.05) is 0 Å². The molecule has 1 aliphatic carbocycles. The Balaban J connectivity index is 2.05. The van der Waals surface area contributed by atoms with Crippen LogP contribution >= 0.6 is 0 Å². The Kier molecular flexibility index (Phi) is 2.62. The largest absolute Gasteiger partial charge is 0.263 e. The summed E-state index contributed by atoms with van der Waals surface area (Å²) in [7, 11) is 0. The van der Waals surface area contributed by atoms with Crippen molar-refractivity contribution in [2.24, 2.45) is 0 Å². The molecule has 1 N–H and O–H groups in total. The van der Waals surface area contributed by atoms with E-state index in [9.17, 15) is 0 Å². The van der Waals surface area contributed by atoms with Gasteiger partial charge in [0.15, 0.2) is 5.82 Å². The smallest absolute Gasteiger partial charge is 0.153 e. The highest BCUT2D eigenvalue weighted by molar-refractivity contribution is 4.98. The number of aryl methyl sites for hydroxylation is 1. The maximum absolute atomic E-state index is 4.49. The number of hydrogen-bond acceptors (Lipinski definition) is 2. The van der Waals surface area contributed by atoms with Crippen molar-refractivity contribution < 1.29 is 0 Å². The summed E-state index contributed by atoms with van der Waals surface area (Å²) in [6.07, 6.45) is 7.60. The second-order valence-electron chi connectivity index (χ2n) is 3.83. The van der Waals surface area contributed by atoms with Gasteiger partial charge in [-0.15, -0.1) is 0 Å². The quantitative estimate of drug-likeness (QED) is 0.757. The Morgan fingerprint density at radius 2 is 2.08 bits per heavy atom. The molecule has 0 atom stereocenters. The van der Waals surface area contributed by atoms with Gasteiger partial charge in [0.05, 0.1) is 0 Å². The van der Waals surface area contributed by atoms with Crippen molar-refractivity contribution in [1.29, 1.82) is 0 Å². The van der Waals surface area contributed by atoms with E-state index in [0.717, 1.165) is 18.1 Å². The molecule has 0 amide bonds. The number of aromatic amines is 1. The molecule has 1 aromatic rings. The third-order valence-corrected chi connectivity index (χ3v) is 2.85. The second-order valence-corrected chi connectivity index (χ2v) is 3.83. The van der Waals surface area contributed by atoms with Gasteiger partial charge < -0.3 is 0 Å². The number of nitrogens with one attached hydrogen (secondary N) is 1. The predicted octanol–water partition coefficient (Wildman–Crippen LogP) is 2.41. The Morgan fingerprint density at radius 3 is 2.69 bits per heavy atom. The number of nitrogens with zero attached hydrogens (tertiary/aromatic N) is 2. The lowest BCUT2D eigenvalue weighted by Crippen LogP contribution is -2.06. The first-order valence-corrected chi connectivity index (χ1v) is 5.31. The highest BCUT2D eigenvalue weighted by Gasteiger charge is 2.18. The molecule has 0 radical (unpaired) electrons. The molecule has 0 unspecified atom stereocenters. The Hall–Kier alpha value is -0.860. The van der Waals surface area contributed by atoms with Crippen molar-refractivity contribution in [2.45, 2.75) is 51.4 Å². The van der Waals surface area contributed by atoms with Crippen molar-refractivity contribution in [3.05, 3.63) is 11.6 Å². The lowest BCUT2D eigenvalue weighted by atomic mass is 9.89. The molecule has 0 aromatic carbocycles. The molecule has 1 heterocycles. The van der Waals surface area contributed by atoms with Crippen molar-refractivity contribution in [1.82, 2.24) is 15.2 Å². The van der Waals surface area contributed by atoms with Crippen LogP contribution in [0.2, 0.25) is 0 Å². The molecule has 3 heteroatoms. The van der Waals surface area contributed by atoms with Crippen molar-refractivity contribution in [3.8, 4) is 0 Å². The van der Waals surface area contributed by atoms with E-state index in [1.54, 1.807) is 0 Å². The molecular weight excluding hydrogens is 162 g/mol. The lowest BCUT2D eigenvalue weighted by Gasteiger charge is -2.17. The normalized spacial score (nSPS) is 19.2. The predicted molar refractivity (Wildman–Crippen MR) is 51.6 cm³/mol. The van der Waals surface area contributed by atoms with Crippen LogP contribution in [-0.2, 0) is 6.42 Å². The van der Waals surface area contributed by atoms with Gasteiger partial charge in [-0.2, -0.15) is 5.10 Å². The fraction of sp³-hybridized carbons (Fsp3) is 0.800. The standard InChI is InChI=1S/C10H17N3/c1-2-9-11-10(13-12-9)8-6-4-3-5-7-8/h8H,2-7H2,1H3,(H,11,12,13). The Bertz CT molecular complexity index is 261. The molecule has 0 saturated heterocycles. The minimum Gasteiger partial charge on any atom is -0.263 e. The summed E-state index contributed by atoms with van der Waals surface area (Å²) in [6, 6.07) is 0. The van der Waals surface area contributed by atoms with Crippen LogP contribution < -0.4 is 0 Å². The fourth-order valence-electron chi connectivity index (χ4n) is 2.01. The van der Waals surface area contributed by atoms with E-state index in [4.69, 9.17) is 0 Å². The van der Waals surface area contributed by atoms with Gasteiger partial charge in [0.25, 0.3) is 0 Å². The van der Waals surface area contributed by atoms with Crippen LogP contribution in [0.1, 0.15) is 56.6 Å². The number of rotatable bonds is 2. The average Bonchev–Trinajstić information content (AvgIpc) is 2.67. The fourth-order valence-corrected chi connectivity index (χ4v) is 2.01. The maximum atomic E-state index is 4.49. The number of H-pyrrole nitrogens is 1. The monoisotopic (exact) mass is 179 g/mol. The molecule has 0 bridgehead atoms. The molecule has 1 aliphatic rings.